The monoisotopic (exact) mass is 261 g/mol. The molecule has 7 nitrogen and oxygen atoms in total. The maximum atomic E-state index is 12.1. The highest BCUT2D eigenvalue weighted by atomic mass is 16.2. The molecule has 1 saturated heterocycles. The molecule has 0 bridgehead atoms. The smallest absolute Gasteiger partial charge is 0.314 e. The lowest BCUT2D eigenvalue weighted by molar-refractivity contribution is 0.0818. The van der Waals surface area contributed by atoms with Crippen molar-refractivity contribution >= 4 is 11.6 Å². The van der Waals surface area contributed by atoms with Crippen LogP contribution in [-0.2, 0) is 0 Å². The van der Waals surface area contributed by atoms with Crippen molar-refractivity contribution in [2.24, 2.45) is 0 Å². The lowest BCUT2D eigenvalue weighted by Gasteiger charge is -2.25. The van der Waals surface area contributed by atoms with E-state index >= 15 is 0 Å². The second-order valence-electron chi connectivity index (χ2n) is 4.54. The largest absolute Gasteiger partial charge is 0.357 e. The summed E-state index contributed by atoms with van der Waals surface area (Å²) in [6.07, 6.45) is 1.61. The zero-order valence-corrected chi connectivity index (χ0v) is 10.5. The van der Waals surface area contributed by atoms with E-state index in [4.69, 9.17) is 0 Å². The van der Waals surface area contributed by atoms with Gasteiger partial charge in [-0.2, -0.15) is 0 Å². The summed E-state index contributed by atoms with van der Waals surface area (Å²) in [5.74, 6) is -0.282. The Kier molecular flexibility index (Phi) is 3.14. The molecule has 3 heterocycles. The van der Waals surface area contributed by atoms with E-state index in [-0.39, 0.29) is 12.5 Å². The standard InChI is InChI=1S/C12H15N5O2/c18-11(9-15-7-4-13-5-8-15)17-12(19)16-6-2-1-3-10(16)14-17/h1-3,6,13H,4-5,7-9H2. The van der Waals surface area contributed by atoms with Gasteiger partial charge in [-0.15, -0.1) is 9.78 Å². The molecule has 3 rings (SSSR count). The fraction of sp³-hybridized carbons (Fsp3) is 0.417. The summed E-state index contributed by atoms with van der Waals surface area (Å²) in [5, 5.41) is 7.27. The Morgan fingerprint density at radius 2 is 2.11 bits per heavy atom. The molecule has 0 aromatic carbocycles. The lowest BCUT2D eigenvalue weighted by Crippen LogP contribution is -2.47. The number of hydrogen-bond donors (Lipinski definition) is 1. The quantitative estimate of drug-likeness (QED) is 0.754. The van der Waals surface area contributed by atoms with Gasteiger partial charge in [0.05, 0.1) is 6.54 Å². The summed E-state index contributed by atoms with van der Waals surface area (Å²) in [7, 11) is 0. The molecule has 2 aromatic heterocycles. The van der Waals surface area contributed by atoms with Crippen molar-refractivity contribution in [3.63, 3.8) is 0 Å². The van der Waals surface area contributed by atoms with E-state index in [9.17, 15) is 9.59 Å². The number of rotatable bonds is 2. The normalized spacial score (nSPS) is 16.8. The number of nitrogens with one attached hydrogen (secondary N) is 1. The number of fused-ring (bicyclic) bond motifs is 1. The minimum absolute atomic E-state index is 0.228. The fourth-order valence-corrected chi connectivity index (χ4v) is 2.21. The molecule has 0 unspecified atom stereocenters. The average Bonchev–Trinajstić information content (AvgIpc) is 2.78. The highest BCUT2D eigenvalue weighted by molar-refractivity contribution is 5.80. The van der Waals surface area contributed by atoms with Gasteiger partial charge in [0.15, 0.2) is 5.65 Å². The highest BCUT2D eigenvalue weighted by Crippen LogP contribution is 1.97. The third-order valence-corrected chi connectivity index (χ3v) is 3.23. The van der Waals surface area contributed by atoms with E-state index in [0.29, 0.717) is 5.65 Å². The summed E-state index contributed by atoms with van der Waals surface area (Å²) in [4.78, 5) is 26.2. The van der Waals surface area contributed by atoms with E-state index in [1.165, 1.54) is 4.40 Å². The topological polar surface area (TPSA) is 71.6 Å². The first-order valence-corrected chi connectivity index (χ1v) is 6.28. The van der Waals surface area contributed by atoms with E-state index in [1.54, 1.807) is 24.4 Å². The highest BCUT2D eigenvalue weighted by Gasteiger charge is 2.18. The third kappa shape index (κ3) is 2.29. The lowest BCUT2D eigenvalue weighted by atomic mass is 10.3. The molecular formula is C12H15N5O2. The van der Waals surface area contributed by atoms with Gasteiger partial charge in [-0.25, -0.2) is 9.20 Å². The van der Waals surface area contributed by atoms with Crippen molar-refractivity contribution < 1.29 is 4.79 Å². The number of nitrogens with zero attached hydrogens (tertiary/aromatic N) is 4. The molecule has 0 aliphatic carbocycles. The second kappa shape index (κ2) is 4.94. The van der Waals surface area contributed by atoms with Crippen molar-refractivity contribution in [2.45, 2.75) is 0 Å². The first-order chi connectivity index (χ1) is 9.25. The number of hydrogen-bond acceptors (Lipinski definition) is 5. The van der Waals surface area contributed by atoms with Crippen molar-refractivity contribution in [1.82, 2.24) is 24.4 Å². The van der Waals surface area contributed by atoms with E-state index in [2.05, 4.69) is 10.4 Å². The van der Waals surface area contributed by atoms with Crippen LogP contribution in [0.3, 0.4) is 0 Å². The molecule has 2 aromatic rings. The van der Waals surface area contributed by atoms with Gasteiger partial charge in [0, 0.05) is 32.4 Å². The van der Waals surface area contributed by atoms with Gasteiger partial charge in [0.1, 0.15) is 0 Å². The Labute approximate surface area is 109 Å². The number of piperazine rings is 1. The Morgan fingerprint density at radius 1 is 1.32 bits per heavy atom. The van der Waals surface area contributed by atoms with Crippen LogP contribution in [0.1, 0.15) is 4.79 Å². The molecule has 19 heavy (non-hydrogen) atoms. The molecule has 1 aliphatic rings. The molecule has 1 fully saturated rings. The van der Waals surface area contributed by atoms with Gasteiger partial charge in [0.25, 0.3) is 5.91 Å². The molecule has 1 N–H and O–H groups in total. The van der Waals surface area contributed by atoms with Crippen LogP contribution >= 0.6 is 0 Å². The van der Waals surface area contributed by atoms with Crippen molar-refractivity contribution in [3.05, 3.63) is 34.9 Å². The van der Waals surface area contributed by atoms with Crippen LogP contribution in [0.5, 0.6) is 0 Å². The number of aromatic nitrogens is 3. The Balaban J connectivity index is 1.85. The number of pyridine rings is 1. The first kappa shape index (κ1) is 12.1. The Hall–Kier alpha value is -1.99. The van der Waals surface area contributed by atoms with Crippen LogP contribution in [-0.4, -0.2) is 57.7 Å². The zero-order chi connectivity index (χ0) is 13.2. The van der Waals surface area contributed by atoms with E-state index in [1.807, 2.05) is 4.90 Å². The molecule has 0 radical (unpaired) electrons. The Bertz CT molecular complexity index is 653. The van der Waals surface area contributed by atoms with Crippen LogP contribution in [0.15, 0.2) is 29.2 Å². The molecule has 0 amide bonds. The molecule has 7 heteroatoms. The van der Waals surface area contributed by atoms with Crippen LogP contribution in [0.25, 0.3) is 5.65 Å². The molecule has 0 saturated carbocycles. The van der Waals surface area contributed by atoms with Gasteiger partial charge in [-0.3, -0.25) is 9.69 Å². The minimum atomic E-state index is -0.407. The van der Waals surface area contributed by atoms with E-state index < -0.39 is 5.69 Å². The minimum Gasteiger partial charge on any atom is -0.314 e. The van der Waals surface area contributed by atoms with Crippen LogP contribution in [0.4, 0.5) is 0 Å². The molecule has 0 atom stereocenters. The third-order valence-electron chi connectivity index (χ3n) is 3.23. The van der Waals surface area contributed by atoms with Gasteiger partial charge >= 0.3 is 5.69 Å². The molecule has 0 spiro atoms. The SMILES string of the molecule is O=C(CN1CCNCC1)n1nc2ccccn2c1=O. The maximum Gasteiger partial charge on any atom is 0.357 e. The maximum absolute atomic E-state index is 12.1. The summed E-state index contributed by atoms with van der Waals surface area (Å²) in [6.45, 7) is 3.59. The summed E-state index contributed by atoms with van der Waals surface area (Å²) in [6, 6.07) is 5.23. The van der Waals surface area contributed by atoms with Gasteiger partial charge < -0.3 is 5.32 Å². The summed E-state index contributed by atoms with van der Waals surface area (Å²) < 4.78 is 2.33. The van der Waals surface area contributed by atoms with E-state index in [0.717, 1.165) is 30.9 Å². The van der Waals surface area contributed by atoms with Gasteiger partial charge in [0.2, 0.25) is 0 Å². The molecular weight excluding hydrogens is 246 g/mol. The van der Waals surface area contributed by atoms with Crippen molar-refractivity contribution in [2.75, 3.05) is 32.7 Å². The van der Waals surface area contributed by atoms with Crippen molar-refractivity contribution in [1.29, 1.82) is 0 Å². The number of carbonyl (C=O) groups is 1. The first-order valence-electron chi connectivity index (χ1n) is 6.28. The van der Waals surface area contributed by atoms with Gasteiger partial charge in [-0.1, -0.05) is 6.07 Å². The predicted octanol–water partition coefficient (Wildman–Crippen LogP) is -0.959. The van der Waals surface area contributed by atoms with Gasteiger partial charge in [-0.05, 0) is 12.1 Å². The second-order valence-corrected chi connectivity index (χ2v) is 4.54. The molecule has 100 valence electrons. The van der Waals surface area contributed by atoms with Crippen LogP contribution in [0.2, 0.25) is 0 Å². The average molecular weight is 261 g/mol. The van der Waals surface area contributed by atoms with Crippen LogP contribution in [0, 0.1) is 0 Å². The van der Waals surface area contributed by atoms with Crippen LogP contribution < -0.4 is 11.0 Å². The molecule has 1 aliphatic heterocycles. The summed E-state index contributed by atoms with van der Waals surface area (Å²) >= 11 is 0. The number of carbonyl (C=O) groups excluding carboxylic acids is 1. The zero-order valence-electron chi connectivity index (χ0n) is 10.5. The van der Waals surface area contributed by atoms with Crippen molar-refractivity contribution in [3.8, 4) is 0 Å². The fourth-order valence-electron chi connectivity index (χ4n) is 2.21. The summed E-state index contributed by atoms with van der Waals surface area (Å²) in [5.41, 5.74) is 0.0805. The Morgan fingerprint density at radius 3 is 2.84 bits per heavy atom. The predicted molar refractivity (Wildman–Crippen MR) is 69.4 cm³/mol.